The van der Waals surface area contributed by atoms with Crippen molar-refractivity contribution in [1.82, 2.24) is 9.88 Å². The summed E-state index contributed by atoms with van der Waals surface area (Å²) >= 11 is 0. The minimum absolute atomic E-state index is 0.138. The SMILES string of the molecule is COC(=O)C1C(C)=NC(C)=C(C(=O)OC2(C)CCN(Cc3ccncc3)C2)C1c1cccc([N+](=O)[O-])c1. The average Bonchev–Trinajstić information content (AvgIpc) is 3.23. The van der Waals surface area contributed by atoms with Crippen LogP contribution >= 0.6 is 0 Å². The molecule has 10 heteroatoms. The van der Waals surface area contributed by atoms with Crippen molar-refractivity contribution >= 4 is 23.3 Å². The van der Waals surface area contributed by atoms with Gasteiger partial charge in [0.1, 0.15) is 11.5 Å². The maximum atomic E-state index is 13.7. The van der Waals surface area contributed by atoms with Crippen molar-refractivity contribution in [2.45, 2.75) is 45.3 Å². The van der Waals surface area contributed by atoms with Crippen molar-refractivity contribution in [2.75, 3.05) is 20.2 Å². The summed E-state index contributed by atoms with van der Waals surface area (Å²) in [6, 6.07) is 9.86. The fourth-order valence-electron chi connectivity index (χ4n) is 5.20. The lowest BCUT2D eigenvalue weighted by Gasteiger charge is -2.33. The van der Waals surface area contributed by atoms with Gasteiger partial charge in [0.25, 0.3) is 5.69 Å². The van der Waals surface area contributed by atoms with E-state index in [1.165, 1.54) is 25.3 Å². The minimum atomic E-state index is -0.919. The summed E-state index contributed by atoms with van der Waals surface area (Å²) in [6.45, 7) is 7.27. The van der Waals surface area contributed by atoms with Gasteiger partial charge in [-0.2, -0.15) is 0 Å². The molecule has 194 valence electrons. The Hall–Kier alpha value is -3.92. The number of non-ortho nitro benzene ring substituents is 1. The van der Waals surface area contributed by atoms with Gasteiger partial charge in [0.15, 0.2) is 0 Å². The van der Waals surface area contributed by atoms with E-state index in [9.17, 15) is 19.7 Å². The maximum Gasteiger partial charge on any atom is 0.337 e. The monoisotopic (exact) mass is 506 g/mol. The largest absolute Gasteiger partial charge is 0.468 e. The molecule has 0 spiro atoms. The fourth-order valence-corrected chi connectivity index (χ4v) is 5.20. The van der Waals surface area contributed by atoms with Gasteiger partial charge in [-0.1, -0.05) is 12.1 Å². The molecule has 0 amide bonds. The van der Waals surface area contributed by atoms with Gasteiger partial charge in [0.2, 0.25) is 0 Å². The van der Waals surface area contributed by atoms with Crippen molar-refractivity contribution in [3.8, 4) is 0 Å². The number of pyridine rings is 1. The number of benzene rings is 1. The quantitative estimate of drug-likeness (QED) is 0.315. The van der Waals surface area contributed by atoms with E-state index in [4.69, 9.17) is 9.47 Å². The van der Waals surface area contributed by atoms with Gasteiger partial charge in [0, 0.05) is 67.9 Å². The lowest BCUT2D eigenvalue weighted by atomic mass is 9.75. The van der Waals surface area contributed by atoms with Crippen LogP contribution in [0.1, 0.15) is 44.2 Å². The molecule has 37 heavy (non-hydrogen) atoms. The second-order valence-corrected chi connectivity index (χ2v) is 9.74. The molecule has 1 aromatic heterocycles. The van der Waals surface area contributed by atoms with E-state index in [0.717, 1.165) is 12.1 Å². The number of allylic oxidation sites excluding steroid dienone is 1. The molecule has 3 atom stereocenters. The Morgan fingerprint density at radius 2 is 1.95 bits per heavy atom. The molecular formula is C27H30N4O6. The summed E-state index contributed by atoms with van der Waals surface area (Å²) in [4.78, 5) is 48.3. The minimum Gasteiger partial charge on any atom is -0.468 e. The zero-order valence-corrected chi connectivity index (χ0v) is 21.3. The third-order valence-corrected chi connectivity index (χ3v) is 6.95. The average molecular weight is 507 g/mol. The van der Waals surface area contributed by atoms with Crippen LogP contribution in [0.15, 0.2) is 65.1 Å². The van der Waals surface area contributed by atoms with E-state index in [2.05, 4.69) is 14.9 Å². The second-order valence-electron chi connectivity index (χ2n) is 9.74. The number of nitrogens with zero attached hydrogens (tertiary/aromatic N) is 4. The smallest absolute Gasteiger partial charge is 0.337 e. The van der Waals surface area contributed by atoms with Crippen LogP contribution in [0.2, 0.25) is 0 Å². The zero-order valence-electron chi connectivity index (χ0n) is 21.3. The first-order chi connectivity index (χ1) is 17.6. The predicted molar refractivity (Wildman–Crippen MR) is 136 cm³/mol. The Balaban J connectivity index is 1.64. The van der Waals surface area contributed by atoms with Crippen LogP contribution in [0.25, 0.3) is 0 Å². The lowest BCUT2D eigenvalue weighted by molar-refractivity contribution is -0.384. The first-order valence-corrected chi connectivity index (χ1v) is 12.0. The first-order valence-electron chi connectivity index (χ1n) is 12.0. The normalized spacial score (nSPS) is 23.9. The molecule has 0 aliphatic carbocycles. The number of carbonyl (C=O) groups excluding carboxylic acids is 2. The van der Waals surface area contributed by atoms with E-state index in [-0.39, 0.29) is 11.3 Å². The Morgan fingerprint density at radius 1 is 1.22 bits per heavy atom. The highest BCUT2D eigenvalue weighted by Gasteiger charge is 2.45. The van der Waals surface area contributed by atoms with Crippen LogP contribution < -0.4 is 0 Å². The molecule has 2 aromatic rings. The molecule has 0 radical (unpaired) electrons. The van der Waals surface area contributed by atoms with Crippen LogP contribution in [0.5, 0.6) is 0 Å². The van der Waals surface area contributed by atoms with Crippen molar-refractivity contribution in [3.63, 3.8) is 0 Å². The molecule has 2 aliphatic heterocycles. The van der Waals surface area contributed by atoms with Gasteiger partial charge in [-0.3, -0.25) is 29.8 Å². The number of nitro benzene ring substituents is 1. The molecule has 0 saturated carbocycles. The summed E-state index contributed by atoms with van der Waals surface area (Å²) in [5.41, 5.74) is 1.76. The van der Waals surface area contributed by atoms with Crippen LogP contribution in [-0.2, 0) is 25.6 Å². The highest BCUT2D eigenvalue weighted by atomic mass is 16.6. The molecule has 1 fully saturated rings. The predicted octanol–water partition coefficient (Wildman–Crippen LogP) is 3.82. The third-order valence-electron chi connectivity index (χ3n) is 6.95. The number of rotatable bonds is 7. The number of hydrogen-bond acceptors (Lipinski definition) is 9. The summed E-state index contributed by atoms with van der Waals surface area (Å²) in [5, 5.41) is 11.5. The van der Waals surface area contributed by atoms with Crippen molar-refractivity contribution in [2.24, 2.45) is 10.9 Å². The number of aliphatic imine (C=N–C) groups is 1. The molecule has 0 N–H and O–H groups in total. The third kappa shape index (κ3) is 5.59. The summed E-state index contributed by atoms with van der Waals surface area (Å²) in [5.74, 6) is -2.92. The topological polar surface area (TPSA) is 124 Å². The van der Waals surface area contributed by atoms with Crippen molar-refractivity contribution < 1.29 is 24.0 Å². The number of nitro groups is 1. The van der Waals surface area contributed by atoms with Crippen molar-refractivity contribution in [1.29, 1.82) is 0 Å². The fraction of sp³-hybridized carbons (Fsp3) is 0.407. The van der Waals surface area contributed by atoms with Gasteiger partial charge >= 0.3 is 11.9 Å². The molecule has 3 heterocycles. The van der Waals surface area contributed by atoms with E-state index in [0.29, 0.717) is 36.5 Å². The van der Waals surface area contributed by atoms with Gasteiger partial charge in [-0.05, 0) is 44.0 Å². The van der Waals surface area contributed by atoms with E-state index in [1.54, 1.807) is 32.3 Å². The molecular weight excluding hydrogens is 476 g/mol. The van der Waals surface area contributed by atoms with E-state index >= 15 is 0 Å². The molecule has 2 aliphatic rings. The Labute approximate surface area is 215 Å². The number of carbonyl (C=O) groups is 2. The summed E-state index contributed by atoms with van der Waals surface area (Å²) in [6.07, 6.45) is 4.13. The van der Waals surface area contributed by atoms with Gasteiger partial charge in [-0.15, -0.1) is 0 Å². The summed E-state index contributed by atoms with van der Waals surface area (Å²) in [7, 11) is 1.26. The number of esters is 2. The number of likely N-dealkylation sites (tertiary alicyclic amines) is 1. The Kier molecular flexibility index (Phi) is 7.49. The molecule has 1 aromatic carbocycles. The highest BCUT2D eigenvalue weighted by Crippen LogP contribution is 2.42. The van der Waals surface area contributed by atoms with Crippen molar-refractivity contribution in [3.05, 3.63) is 81.3 Å². The van der Waals surface area contributed by atoms with Crippen LogP contribution in [0, 0.1) is 16.0 Å². The maximum absolute atomic E-state index is 13.7. The molecule has 3 unspecified atom stereocenters. The number of aromatic nitrogens is 1. The molecule has 0 bridgehead atoms. The highest BCUT2D eigenvalue weighted by molar-refractivity contribution is 6.07. The molecule has 1 saturated heterocycles. The standard InChI is InChI=1S/C27H30N4O6/c1-17-22(25(32)36-4)24(20-6-5-7-21(14-20)31(34)35)23(18(2)29-17)26(33)37-27(3)10-13-30(16-27)15-19-8-11-28-12-9-19/h5-9,11-12,14,22,24H,10,13,15-16H2,1-4H3. The van der Waals surface area contributed by atoms with Crippen LogP contribution in [0.3, 0.4) is 0 Å². The number of methoxy groups -OCH3 is 1. The zero-order chi connectivity index (χ0) is 26.7. The van der Waals surface area contributed by atoms with Crippen LogP contribution in [0.4, 0.5) is 5.69 Å². The second kappa shape index (κ2) is 10.6. The Morgan fingerprint density at radius 3 is 2.62 bits per heavy atom. The molecule has 4 rings (SSSR count). The summed E-state index contributed by atoms with van der Waals surface area (Å²) < 4.78 is 11.1. The van der Waals surface area contributed by atoms with Gasteiger partial charge < -0.3 is 9.47 Å². The van der Waals surface area contributed by atoms with Gasteiger partial charge in [0.05, 0.1) is 17.6 Å². The molecule has 10 nitrogen and oxygen atoms in total. The number of hydrogen-bond donors (Lipinski definition) is 0. The van der Waals surface area contributed by atoms with Gasteiger partial charge in [-0.25, -0.2) is 4.79 Å². The first kappa shape index (κ1) is 26.2. The number of ether oxygens (including phenoxy) is 2. The van der Waals surface area contributed by atoms with E-state index in [1.807, 2.05) is 19.1 Å². The Bertz CT molecular complexity index is 1270. The van der Waals surface area contributed by atoms with E-state index < -0.39 is 34.3 Å². The van der Waals surface area contributed by atoms with Crippen LogP contribution in [-0.4, -0.2) is 58.3 Å². The lowest BCUT2D eigenvalue weighted by Crippen LogP contribution is -2.40.